The van der Waals surface area contributed by atoms with Gasteiger partial charge >= 0.3 is 0 Å². The van der Waals surface area contributed by atoms with Crippen LogP contribution in [0.1, 0.15) is 62.2 Å². The van der Waals surface area contributed by atoms with E-state index in [1.807, 2.05) is 42.5 Å². The number of imide groups is 1. The summed E-state index contributed by atoms with van der Waals surface area (Å²) in [6, 6.07) is 13.1. The molecule has 1 aromatic carbocycles. The van der Waals surface area contributed by atoms with Gasteiger partial charge in [0.15, 0.2) is 0 Å². The van der Waals surface area contributed by atoms with E-state index in [-0.39, 0.29) is 41.5 Å². The number of likely N-dealkylation sites (tertiary alicyclic amines) is 2. The number of piperidine rings is 1. The van der Waals surface area contributed by atoms with Gasteiger partial charge in [-0.2, -0.15) is 0 Å². The highest BCUT2D eigenvalue weighted by molar-refractivity contribution is 6.05. The van der Waals surface area contributed by atoms with Crippen LogP contribution in [0.3, 0.4) is 0 Å². The van der Waals surface area contributed by atoms with E-state index in [4.69, 9.17) is 4.74 Å². The third kappa shape index (κ3) is 5.75. The zero-order chi connectivity index (χ0) is 26.5. The SMILES string of the molecule is COc1ccc(C(NC(=O)C2CCN(CCCN3C(=O)C4CCCCC4C3=O)CC2)c2ccccn2)cc1. The smallest absolute Gasteiger partial charge is 0.233 e. The van der Waals surface area contributed by atoms with E-state index < -0.39 is 0 Å². The number of fused-ring (bicyclic) bond motifs is 1. The summed E-state index contributed by atoms with van der Waals surface area (Å²) in [6.45, 7) is 3.02. The lowest BCUT2D eigenvalue weighted by Gasteiger charge is -2.32. The number of nitrogens with one attached hydrogen (secondary N) is 1. The number of amides is 3. The van der Waals surface area contributed by atoms with Crippen LogP contribution >= 0.6 is 0 Å². The van der Waals surface area contributed by atoms with E-state index in [1.165, 1.54) is 4.90 Å². The molecule has 8 nitrogen and oxygen atoms in total. The molecule has 1 N–H and O–H groups in total. The average Bonchev–Trinajstić information content (AvgIpc) is 3.21. The van der Waals surface area contributed by atoms with Crippen molar-refractivity contribution < 1.29 is 19.1 Å². The summed E-state index contributed by atoms with van der Waals surface area (Å²) in [5.41, 5.74) is 1.76. The van der Waals surface area contributed by atoms with Gasteiger partial charge in [0.2, 0.25) is 17.7 Å². The first-order valence-corrected chi connectivity index (χ1v) is 14.0. The number of pyridine rings is 1. The monoisotopic (exact) mass is 518 g/mol. The normalized spacial score (nSPS) is 23.2. The number of ether oxygens (including phenoxy) is 1. The van der Waals surface area contributed by atoms with Crippen LogP contribution in [0.15, 0.2) is 48.7 Å². The third-order valence-corrected chi connectivity index (χ3v) is 8.47. The number of methoxy groups -OCH3 is 1. The number of benzene rings is 1. The Morgan fingerprint density at radius 3 is 2.26 bits per heavy atom. The molecule has 3 amide bonds. The maximum atomic E-state index is 13.3. The highest BCUT2D eigenvalue weighted by Gasteiger charge is 2.47. The van der Waals surface area contributed by atoms with E-state index in [1.54, 1.807) is 13.3 Å². The molecule has 3 fully saturated rings. The number of carbonyl (C=O) groups excluding carboxylic acids is 3. The minimum absolute atomic E-state index is 0.0481. The number of aromatic nitrogens is 1. The summed E-state index contributed by atoms with van der Waals surface area (Å²) in [5, 5.41) is 3.24. The van der Waals surface area contributed by atoms with Crippen molar-refractivity contribution in [2.75, 3.05) is 33.3 Å². The minimum atomic E-state index is -0.327. The van der Waals surface area contributed by atoms with Crippen LogP contribution in [0.2, 0.25) is 0 Å². The Hall–Kier alpha value is -3.26. The zero-order valence-corrected chi connectivity index (χ0v) is 22.2. The van der Waals surface area contributed by atoms with Gasteiger partial charge < -0.3 is 15.0 Å². The molecule has 202 valence electrons. The van der Waals surface area contributed by atoms with E-state index in [0.29, 0.717) is 6.54 Å². The van der Waals surface area contributed by atoms with Crippen molar-refractivity contribution in [1.29, 1.82) is 0 Å². The van der Waals surface area contributed by atoms with Crippen molar-refractivity contribution in [2.45, 2.75) is 51.0 Å². The van der Waals surface area contributed by atoms with Crippen LogP contribution in [0.25, 0.3) is 0 Å². The van der Waals surface area contributed by atoms with Crippen molar-refractivity contribution >= 4 is 17.7 Å². The number of hydrogen-bond donors (Lipinski definition) is 1. The van der Waals surface area contributed by atoms with Crippen molar-refractivity contribution in [3.8, 4) is 5.75 Å². The molecular formula is C30H38N4O4. The van der Waals surface area contributed by atoms with Gasteiger partial charge in [-0.25, -0.2) is 0 Å². The molecule has 3 aliphatic rings. The molecular weight excluding hydrogens is 480 g/mol. The van der Waals surface area contributed by atoms with E-state index in [0.717, 1.165) is 81.6 Å². The van der Waals surface area contributed by atoms with Crippen LogP contribution in [0.4, 0.5) is 0 Å². The molecule has 3 heterocycles. The minimum Gasteiger partial charge on any atom is -0.497 e. The van der Waals surface area contributed by atoms with Gasteiger partial charge in [0, 0.05) is 18.7 Å². The molecule has 1 saturated carbocycles. The van der Waals surface area contributed by atoms with Crippen LogP contribution in [0.5, 0.6) is 5.75 Å². The first-order valence-electron chi connectivity index (χ1n) is 14.0. The summed E-state index contributed by atoms with van der Waals surface area (Å²) in [6.07, 6.45) is 7.94. The fraction of sp³-hybridized carbons (Fsp3) is 0.533. The van der Waals surface area contributed by atoms with Gasteiger partial charge in [-0.3, -0.25) is 24.3 Å². The molecule has 1 aliphatic carbocycles. The molecule has 3 atom stereocenters. The second kappa shape index (κ2) is 12.1. The Balaban J connectivity index is 1.11. The molecule has 0 spiro atoms. The Kier molecular flexibility index (Phi) is 8.37. The Bertz CT molecular complexity index is 1090. The van der Waals surface area contributed by atoms with Gasteiger partial charge in [-0.1, -0.05) is 31.0 Å². The number of carbonyl (C=O) groups is 3. The molecule has 8 heteroatoms. The Morgan fingerprint density at radius 2 is 1.66 bits per heavy atom. The van der Waals surface area contributed by atoms with Crippen molar-refractivity contribution in [1.82, 2.24) is 20.1 Å². The van der Waals surface area contributed by atoms with Gasteiger partial charge in [-0.05, 0) is 81.6 Å². The summed E-state index contributed by atoms with van der Waals surface area (Å²) < 4.78 is 5.29. The standard InChI is InChI=1S/C30H38N4O4/c1-38-23-12-10-21(11-13-23)27(26-9-4-5-16-31-26)32-28(35)22-14-19-33(20-15-22)17-6-18-34-29(36)24-7-2-3-8-25(24)30(34)37/h4-5,9-13,16,22,24-25,27H,2-3,6-8,14-15,17-20H2,1H3,(H,32,35). The lowest BCUT2D eigenvalue weighted by atomic mass is 9.81. The lowest BCUT2D eigenvalue weighted by Crippen LogP contribution is -2.42. The summed E-state index contributed by atoms with van der Waals surface area (Å²) in [4.78, 5) is 47.1. The zero-order valence-electron chi connectivity index (χ0n) is 22.2. The molecule has 1 aromatic heterocycles. The predicted molar refractivity (Wildman–Crippen MR) is 143 cm³/mol. The highest BCUT2D eigenvalue weighted by Crippen LogP contribution is 2.38. The first-order chi connectivity index (χ1) is 18.5. The fourth-order valence-corrected chi connectivity index (χ4v) is 6.25. The molecule has 2 aromatic rings. The van der Waals surface area contributed by atoms with Gasteiger partial charge in [0.25, 0.3) is 0 Å². The molecule has 3 unspecified atom stereocenters. The summed E-state index contributed by atoms with van der Waals surface area (Å²) in [7, 11) is 1.64. The maximum Gasteiger partial charge on any atom is 0.233 e. The fourth-order valence-electron chi connectivity index (χ4n) is 6.25. The van der Waals surface area contributed by atoms with E-state index in [9.17, 15) is 14.4 Å². The van der Waals surface area contributed by atoms with E-state index in [2.05, 4.69) is 15.2 Å². The largest absolute Gasteiger partial charge is 0.497 e. The van der Waals surface area contributed by atoms with Gasteiger partial charge in [0.05, 0.1) is 30.7 Å². The van der Waals surface area contributed by atoms with Crippen LogP contribution in [0, 0.1) is 17.8 Å². The maximum absolute atomic E-state index is 13.3. The van der Waals surface area contributed by atoms with Gasteiger partial charge in [-0.15, -0.1) is 0 Å². The quantitative estimate of drug-likeness (QED) is 0.511. The third-order valence-electron chi connectivity index (χ3n) is 8.47. The molecule has 5 rings (SSSR count). The highest BCUT2D eigenvalue weighted by atomic mass is 16.5. The topological polar surface area (TPSA) is 91.8 Å². The Labute approximate surface area is 224 Å². The number of hydrogen-bond acceptors (Lipinski definition) is 6. The first kappa shape index (κ1) is 26.4. The van der Waals surface area contributed by atoms with Crippen LogP contribution in [-0.2, 0) is 14.4 Å². The van der Waals surface area contributed by atoms with Gasteiger partial charge in [0.1, 0.15) is 5.75 Å². The number of nitrogens with zero attached hydrogens (tertiary/aromatic N) is 3. The average molecular weight is 519 g/mol. The molecule has 2 aliphatic heterocycles. The molecule has 38 heavy (non-hydrogen) atoms. The second-order valence-corrected chi connectivity index (χ2v) is 10.8. The van der Waals surface area contributed by atoms with E-state index >= 15 is 0 Å². The van der Waals surface area contributed by atoms with Crippen LogP contribution in [-0.4, -0.2) is 65.8 Å². The summed E-state index contributed by atoms with van der Waals surface area (Å²) in [5.74, 6) is 0.720. The predicted octanol–water partition coefficient (Wildman–Crippen LogP) is 3.57. The second-order valence-electron chi connectivity index (χ2n) is 10.8. The van der Waals surface area contributed by atoms with Crippen molar-refractivity contribution in [3.05, 3.63) is 59.9 Å². The van der Waals surface area contributed by atoms with Crippen LogP contribution < -0.4 is 10.1 Å². The van der Waals surface area contributed by atoms with Crippen molar-refractivity contribution in [3.63, 3.8) is 0 Å². The van der Waals surface area contributed by atoms with Crippen molar-refractivity contribution in [2.24, 2.45) is 17.8 Å². The molecule has 2 saturated heterocycles. The lowest BCUT2D eigenvalue weighted by molar-refractivity contribution is -0.140. The summed E-state index contributed by atoms with van der Waals surface area (Å²) >= 11 is 0. The molecule has 0 bridgehead atoms. The number of rotatable bonds is 9. The Morgan fingerprint density at radius 1 is 0.974 bits per heavy atom. The molecule has 0 radical (unpaired) electrons.